The molecule has 2 aromatic rings. The van der Waals surface area contributed by atoms with Gasteiger partial charge in [0.05, 0.1) is 5.56 Å². The van der Waals surface area contributed by atoms with Crippen LogP contribution in [-0.2, 0) is 0 Å². The Morgan fingerprint density at radius 3 is 2.58 bits per heavy atom. The molecule has 0 fully saturated rings. The maximum absolute atomic E-state index is 13.7. The maximum Gasteiger partial charge on any atom is 0.335 e. The molecule has 0 bridgehead atoms. The van der Waals surface area contributed by atoms with Crippen LogP contribution in [0.15, 0.2) is 36.4 Å². The Morgan fingerprint density at radius 1 is 1.26 bits per heavy atom. The maximum atomic E-state index is 13.7. The van der Waals surface area contributed by atoms with Gasteiger partial charge in [-0.2, -0.15) is 0 Å². The quantitative estimate of drug-likeness (QED) is 0.913. The Kier molecular flexibility index (Phi) is 3.71. The average molecular weight is 281 g/mol. The third-order valence-corrected chi connectivity index (χ3v) is 2.96. The normalized spacial score (nSPS) is 10.3. The minimum Gasteiger partial charge on any atom is -0.478 e. The van der Waals surface area contributed by atoms with Crippen LogP contribution in [0.2, 0.25) is 5.02 Å². The number of aromatic carboxylic acids is 1. The summed E-state index contributed by atoms with van der Waals surface area (Å²) in [5.74, 6) is -1.52. The summed E-state index contributed by atoms with van der Waals surface area (Å²) in [6.45, 7) is 1.80. The molecule has 0 amide bonds. The van der Waals surface area contributed by atoms with Crippen LogP contribution < -0.4 is 4.74 Å². The van der Waals surface area contributed by atoms with Gasteiger partial charge in [-0.15, -0.1) is 0 Å². The summed E-state index contributed by atoms with van der Waals surface area (Å²) in [4.78, 5) is 10.7. The van der Waals surface area contributed by atoms with E-state index in [-0.39, 0.29) is 11.3 Å². The van der Waals surface area contributed by atoms with Gasteiger partial charge in [-0.05, 0) is 48.9 Å². The zero-order valence-corrected chi connectivity index (χ0v) is 10.7. The summed E-state index contributed by atoms with van der Waals surface area (Å²) < 4.78 is 19.0. The highest BCUT2D eigenvalue weighted by molar-refractivity contribution is 6.31. The first-order valence-electron chi connectivity index (χ1n) is 5.44. The molecule has 0 aliphatic rings. The van der Waals surface area contributed by atoms with Gasteiger partial charge >= 0.3 is 5.97 Å². The minimum atomic E-state index is -1.19. The molecule has 0 heterocycles. The lowest BCUT2D eigenvalue weighted by Crippen LogP contribution is -1.98. The second-order valence-electron chi connectivity index (χ2n) is 3.96. The predicted molar refractivity (Wildman–Crippen MR) is 69.6 cm³/mol. The summed E-state index contributed by atoms with van der Waals surface area (Å²) in [5.41, 5.74) is 0.680. The third-order valence-electron chi connectivity index (χ3n) is 2.54. The fraction of sp³-hybridized carbons (Fsp3) is 0.0714. The molecule has 2 rings (SSSR count). The molecule has 0 aliphatic heterocycles. The Morgan fingerprint density at radius 2 is 2.00 bits per heavy atom. The van der Waals surface area contributed by atoms with Crippen molar-refractivity contribution in [2.45, 2.75) is 6.92 Å². The second kappa shape index (κ2) is 5.28. The number of carboxylic acid groups (broad SMARTS) is 1. The van der Waals surface area contributed by atoms with Crippen molar-refractivity contribution in [2.75, 3.05) is 0 Å². The molecule has 0 unspecified atom stereocenters. The molecule has 1 N–H and O–H groups in total. The van der Waals surface area contributed by atoms with Crippen LogP contribution in [-0.4, -0.2) is 11.1 Å². The van der Waals surface area contributed by atoms with Crippen molar-refractivity contribution in [3.05, 3.63) is 58.4 Å². The molecule has 19 heavy (non-hydrogen) atoms. The zero-order valence-electron chi connectivity index (χ0n) is 9.98. The Balaban J connectivity index is 2.28. The van der Waals surface area contributed by atoms with E-state index in [9.17, 15) is 9.18 Å². The topological polar surface area (TPSA) is 46.5 Å². The van der Waals surface area contributed by atoms with E-state index in [0.717, 1.165) is 11.6 Å². The average Bonchev–Trinajstić information content (AvgIpc) is 2.36. The van der Waals surface area contributed by atoms with E-state index in [0.29, 0.717) is 10.8 Å². The molecule has 0 aromatic heterocycles. The summed E-state index contributed by atoms with van der Waals surface area (Å²) in [5, 5.41) is 9.33. The van der Waals surface area contributed by atoms with E-state index >= 15 is 0 Å². The monoisotopic (exact) mass is 280 g/mol. The fourth-order valence-corrected chi connectivity index (χ4v) is 1.64. The molecule has 98 valence electrons. The van der Waals surface area contributed by atoms with Gasteiger partial charge in [0.2, 0.25) is 0 Å². The summed E-state index contributed by atoms with van der Waals surface area (Å²) >= 11 is 5.88. The number of benzene rings is 2. The number of carboxylic acids is 1. The lowest BCUT2D eigenvalue weighted by molar-refractivity contribution is 0.0696. The number of rotatable bonds is 3. The third kappa shape index (κ3) is 3.03. The van der Waals surface area contributed by atoms with Gasteiger partial charge in [0.15, 0.2) is 11.6 Å². The van der Waals surface area contributed by atoms with E-state index in [2.05, 4.69) is 0 Å². The molecule has 0 spiro atoms. The standard InChI is InChI=1S/C14H10ClFO3/c1-8-6-10(3-4-11(8)15)19-13-5-2-9(14(17)18)7-12(13)16/h2-7H,1H3,(H,17,18). The van der Waals surface area contributed by atoms with Gasteiger partial charge < -0.3 is 9.84 Å². The summed E-state index contributed by atoms with van der Waals surface area (Å²) in [7, 11) is 0. The lowest BCUT2D eigenvalue weighted by Gasteiger charge is -2.08. The van der Waals surface area contributed by atoms with Crippen molar-refractivity contribution in [3.63, 3.8) is 0 Å². The van der Waals surface area contributed by atoms with Gasteiger partial charge in [-0.1, -0.05) is 11.6 Å². The van der Waals surface area contributed by atoms with E-state index in [1.54, 1.807) is 25.1 Å². The smallest absolute Gasteiger partial charge is 0.335 e. The van der Waals surface area contributed by atoms with Crippen molar-refractivity contribution >= 4 is 17.6 Å². The van der Waals surface area contributed by atoms with Gasteiger partial charge in [0.1, 0.15) is 5.75 Å². The van der Waals surface area contributed by atoms with Crippen molar-refractivity contribution in [3.8, 4) is 11.5 Å². The first-order valence-corrected chi connectivity index (χ1v) is 5.82. The van der Waals surface area contributed by atoms with E-state index in [1.807, 2.05) is 0 Å². The minimum absolute atomic E-state index is 0.0354. The summed E-state index contributed by atoms with van der Waals surface area (Å²) in [6, 6.07) is 8.41. The van der Waals surface area contributed by atoms with Crippen molar-refractivity contribution in [1.29, 1.82) is 0 Å². The Hall–Kier alpha value is -2.07. The molecule has 0 radical (unpaired) electrons. The molecule has 0 saturated heterocycles. The highest BCUT2D eigenvalue weighted by atomic mass is 35.5. The second-order valence-corrected chi connectivity index (χ2v) is 4.37. The van der Waals surface area contributed by atoms with E-state index in [4.69, 9.17) is 21.4 Å². The van der Waals surface area contributed by atoms with Crippen LogP contribution in [0, 0.1) is 12.7 Å². The van der Waals surface area contributed by atoms with Crippen LogP contribution >= 0.6 is 11.6 Å². The molecule has 3 nitrogen and oxygen atoms in total. The zero-order chi connectivity index (χ0) is 14.0. The number of carbonyl (C=O) groups is 1. The lowest BCUT2D eigenvalue weighted by atomic mass is 10.2. The first-order chi connectivity index (χ1) is 8.97. The van der Waals surface area contributed by atoms with Crippen LogP contribution in [0.5, 0.6) is 11.5 Å². The molecular formula is C14H10ClFO3. The number of halogens is 2. The first kappa shape index (κ1) is 13.4. The number of ether oxygens (including phenoxy) is 1. The van der Waals surface area contributed by atoms with Gasteiger partial charge in [0, 0.05) is 5.02 Å². The molecule has 0 saturated carbocycles. The Bertz CT molecular complexity index is 641. The highest BCUT2D eigenvalue weighted by Crippen LogP contribution is 2.28. The number of aryl methyl sites for hydroxylation is 1. The molecule has 2 aromatic carbocycles. The van der Waals surface area contributed by atoms with Crippen LogP contribution in [0.1, 0.15) is 15.9 Å². The van der Waals surface area contributed by atoms with Crippen LogP contribution in [0.25, 0.3) is 0 Å². The molecule has 0 aliphatic carbocycles. The summed E-state index contributed by atoms with van der Waals surface area (Å²) in [6.07, 6.45) is 0. The van der Waals surface area contributed by atoms with Gasteiger partial charge in [-0.3, -0.25) is 0 Å². The van der Waals surface area contributed by atoms with Crippen molar-refractivity contribution in [2.24, 2.45) is 0 Å². The van der Waals surface area contributed by atoms with E-state index < -0.39 is 11.8 Å². The van der Waals surface area contributed by atoms with Gasteiger partial charge in [0.25, 0.3) is 0 Å². The highest BCUT2D eigenvalue weighted by Gasteiger charge is 2.10. The molecule has 0 atom stereocenters. The number of hydrogen-bond donors (Lipinski definition) is 1. The number of hydrogen-bond acceptors (Lipinski definition) is 2. The SMILES string of the molecule is Cc1cc(Oc2ccc(C(=O)O)cc2F)ccc1Cl. The Labute approximate surface area is 114 Å². The largest absolute Gasteiger partial charge is 0.478 e. The van der Waals surface area contributed by atoms with Crippen LogP contribution in [0.4, 0.5) is 4.39 Å². The van der Waals surface area contributed by atoms with Gasteiger partial charge in [-0.25, -0.2) is 9.18 Å². The van der Waals surface area contributed by atoms with E-state index in [1.165, 1.54) is 12.1 Å². The van der Waals surface area contributed by atoms with Crippen LogP contribution in [0.3, 0.4) is 0 Å². The predicted octanol–water partition coefficient (Wildman–Crippen LogP) is 4.28. The molecular weight excluding hydrogens is 271 g/mol. The van der Waals surface area contributed by atoms with Crippen molar-refractivity contribution < 1.29 is 19.0 Å². The molecule has 5 heteroatoms. The fourth-order valence-electron chi connectivity index (χ4n) is 1.52. The van der Waals surface area contributed by atoms with Crippen molar-refractivity contribution in [1.82, 2.24) is 0 Å².